The van der Waals surface area contributed by atoms with E-state index >= 15 is 0 Å². The minimum atomic E-state index is -4.29. The molecule has 2 aromatic heterocycles. The largest absolute Gasteiger partial charge is 0.341 e. The van der Waals surface area contributed by atoms with Crippen LogP contribution in [0.5, 0.6) is 0 Å². The van der Waals surface area contributed by atoms with Crippen LogP contribution in [0.1, 0.15) is 65.2 Å². The molecule has 1 N–H and O–H groups in total. The summed E-state index contributed by atoms with van der Waals surface area (Å²) in [7, 11) is -4.29. The molecule has 0 spiro atoms. The van der Waals surface area contributed by atoms with E-state index in [0.29, 0.717) is 65.2 Å². The Morgan fingerprint density at radius 1 is 1.21 bits per heavy atom. The fraction of sp³-hybridized carbons (Fsp3) is 0.480. The molecule has 2 aliphatic rings. The lowest BCUT2D eigenvalue weighted by Crippen LogP contribution is -2.40. The van der Waals surface area contributed by atoms with Crippen LogP contribution in [0.25, 0.3) is 0 Å². The van der Waals surface area contributed by atoms with Crippen LogP contribution in [0.3, 0.4) is 0 Å². The second-order valence-electron chi connectivity index (χ2n) is 10.1. The molecule has 0 bridgehead atoms. The number of aromatic nitrogens is 3. The first-order chi connectivity index (χ1) is 20.3. The van der Waals surface area contributed by atoms with Crippen LogP contribution in [-0.2, 0) is 31.9 Å². The van der Waals surface area contributed by atoms with Crippen molar-refractivity contribution in [3.8, 4) is 0 Å². The maximum atomic E-state index is 13.3. The molecule has 2 aliphatic heterocycles. The Balaban J connectivity index is 1.21. The van der Waals surface area contributed by atoms with Gasteiger partial charge in [-0.15, -0.1) is 11.3 Å². The van der Waals surface area contributed by atoms with Crippen molar-refractivity contribution in [3.63, 3.8) is 0 Å². The summed E-state index contributed by atoms with van der Waals surface area (Å²) >= 11 is 9.97. The third-order valence-electron chi connectivity index (χ3n) is 7.25. The first-order valence-corrected chi connectivity index (χ1v) is 17.1. The maximum absolute atomic E-state index is 13.3. The lowest BCUT2D eigenvalue weighted by molar-refractivity contribution is -0.133. The van der Waals surface area contributed by atoms with Gasteiger partial charge in [-0.3, -0.25) is 14.0 Å². The molecule has 1 unspecified atom stereocenters. The molecule has 1 amide bonds. The molecule has 0 radical (unpaired) electrons. The van der Waals surface area contributed by atoms with Crippen molar-refractivity contribution in [1.82, 2.24) is 19.7 Å². The number of amides is 1. The quantitative estimate of drug-likeness (QED) is 0.0931. The number of carbonyl (C=O) groups excluding carboxylic acids is 1. The third-order valence-corrected chi connectivity index (χ3v) is 10.2. The zero-order valence-corrected chi connectivity index (χ0v) is 26.7. The number of thiazole rings is 1. The van der Waals surface area contributed by atoms with E-state index in [1.54, 1.807) is 18.2 Å². The van der Waals surface area contributed by atoms with Gasteiger partial charge in [-0.2, -0.15) is 13.5 Å². The Labute approximate surface area is 266 Å². The lowest BCUT2D eigenvalue weighted by Gasteiger charge is -2.31. The van der Waals surface area contributed by atoms with Crippen LogP contribution in [0.4, 0.5) is 23.4 Å². The molecule has 234 valence electrons. The minimum Gasteiger partial charge on any atom is -0.341 e. The highest BCUT2D eigenvalue weighted by Gasteiger charge is 2.37. The zero-order valence-electron chi connectivity index (χ0n) is 22.1. The van der Waals surface area contributed by atoms with Gasteiger partial charge >= 0.3 is 0 Å². The number of hydrogen-bond donors (Lipinski definition) is 1. The van der Waals surface area contributed by atoms with Crippen LogP contribution < -0.4 is 4.90 Å². The van der Waals surface area contributed by atoms with E-state index in [0.717, 1.165) is 5.01 Å². The molecular formula is C25H25ClF4IN5O5S2. The lowest BCUT2D eigenvalue weighted by atomic mass is 9.97. The summed E-state index contributed by atoms with van der Waals surface area (Å²) in [6.07, 6.45) is -5.48. The molecule has 2 saturated heterocycles. The number of likely N-dealkylation sites (tertiary alicyclic amines) is 1. The van der Waals surface area contributed by atoms with Crippen LogP contribution in [0.2, 0.25) is 5.02 Å². The van der Waals surface area contributed by atoms with E-state index < -0.39 is 62.9 Å². The minimum absolute atomic E-state index is 0.0477. The second kappa shape index (κ2) is 13.1. The molecule has 43 heavy (non-hydrogen) atoms. The molecule has 4 heterocycles. The van der Waals surface area contributed by atoms with Gasteiger partial charge in [0.25, 0.3) is 23.0 Å². The first kappa shape index (κ1) is 32.3. The number of alkyl halides is 5. The second-order valence-corrected chi connectivity index (χ2v) is 13.9. The Morgan fingerprint density at radius 2 is 1.93 bits per heavy atom. The normalized spacial score (nSPS) is 20.1. The Morgan fingerprint density at radius 3 is 2.58 bits per heavy atom. The van der Waals surface area contributed by atoms with Gasteiger partial charge in [0.2, 0.25) is 5.91 Å². The molecule has 2 atom stereocenters. The summed E-state index contributed by atoms with van der Waals surface area (Å²) < 4.78 is 91.3. The van der Waals surface area contributed by atoms with Crippen LogP contribution in [0.15, 0.2) is 29.6 Å². The summed E-state index contributed by atoms with van der Waals surface area (Å²) in [4.78, 5) is 21.0. The van der Waals surface area contributed by atoms with Crippen molar-refractivity contribution in [2.24, 2.45) is 0 Å². The van der Waals surface area contributed by atoms with E-state index in [1.165, 1.54) is 16.2 Å². The summed E-state index contributed by atoms with van der Waals surface area (Å²) in [5.74, 6) is -0.365. The Kier molecular flexibility index (Phi) is 9.87. The van der Waals surface area contributed by atoms with Crippen LogP contribution in [0, 0.1) is 0 Å². The van der Waals surface area contributed by atoms with Crippen LogP contribution in [-0.4, -0.2) is 62.4 Å². The van der Waals surface area contributed by atoms with Gasteiger partial charge in [0.15, 0.2) is 4.23 Å². The smallest absolute Gasteiger partial charge is 0.282 e. The van der Waals surface area contributed by atoms with Gasteiger partial charge in [-0.25, -0.2) is 22.5 Å². The predicted octanol–water partition coefficient (Wildman–Crippen LogP) is 5.96. The Hall–Kier alpha value is -2.06. The SMILES string of the molecule is O=C(Cn1nc(C(F)F)cc1C(F)F)N1CCC(c2nc(N3C[C@H](c4c(Cl)cccc4CS(=O)(=O)O)OC3I)cs2)CC1. The van der Waals surface area contributed by atoms with Gasteiger partial charge in [-0.1, -0.05) is 23.7 Å². The van der Waals surface area contributed by atoms with Gasteiger partial charge in [0.05, 0.1) is 11.6 Å². The fourth-order valence-corrected chi connectivity index (χ4v) is 8.01. The molecule has 1 aromatic carbocycles. The number of nitrogens with zero attached hydrogens (tertiary/aromatic N) is 5. The molecule has 0 saturated carbocycles. The maximum Gasteiger partial charge on any atom is 0.282 e. The molecule has 3 aromatic rings. The number of anilines is 1. The predicted molar refractivity (Wildman–Crippen MR) is 158 cm³/mol. The van der Waals surface area contributed by atoms with Gasteiger partial charge in [0.1, 0.15) is 35.6 Å². The van der Waals surface area contributed by atoms with Crippen molar-refractivity contribution in [2.45, 2.75) is 54.2 Å². The number of hydrogen-bond acceptors (Lipinski definition) is 8. The van der Waals surface area contributed by atoms with Gasteiger partial charge < -0.3 is 14.5 Å². The number of ether oxygens (including phenoxy) is 1. The molecular weight excluding hydrogens is 753 g/mol. The van der Waals surface area contributed by atoms with Crippen molar-refractivity contribution < 1.29 is 40.1 Å². The molecule has 5 rings (SSSR count). The Bertz CT molecular complexity index is 1590. The summed E-state index contributed by atoms with van der Waals surface area (Å²) in [5.41, 5.74) is -0.687. The fourth-order valence-electron chi connectivity index (χ4n) is 5.20. The zero-order chi connectivity index (χ0) is 31.1. The summed E-state index contributed by atoms with van der Waals surface area (Å²) in [6.45, 7) is 0.479. The highest BCUT2D eigenvalue weighted by Crippen LogP contribution is 2.41. The highest BCUT2D eigenvalue weighted by molar-refractivity contribution is 14.1. The number of rotatable bonds is 9. The average molecular weight is 778 g/mol. The monoisotopic (exact) mass is 777 g/mol. The molecule has 18 heteroatoms. The molecule has 10 nitrogen and oxygen atoms in total. The number of benzene rings is 1. The number of carbonyl (C=O) groups is 1. The summed E-state index contributed by atoms with van der Waals surface area (Å²) in [5, 5.41) is 6.56. The average Bonchev–Trinajstić information content (AvgIpc) is 3.66. The summed E-state index contributed by atoms with van der Waals surface area (Å²) in [6, 6.07) is 5.43. The number of piperidine rings is 1. The van der Waals surface area contributed by atoms with Crippen molar-refractivity contribution >= 4 is 67.4 Å². The van der Waals surface area contributed by atoms with E-state index in [1.807, 2.05) is 10.3 Å². The van der Waals surface area contributed by atoms with Gasteiger partial charge in [-0.05, 0) is 53.1 Å². The standard InChI is InChI=1S/C25H25ClF4IN5O5S2/c26-15-3-1-2-14(12-43(38,39)40)21(15)18-9-35(25(31)41-18)19-11-42-24(32-19)13-4-6-34(7-5-13)20(37)10-36-17(23(29)30)8-16(33-36)22(27)28/h1-3,8,11,13,18,22-23,25H,4-7,9-10,12H2,(H,38,39,40)/t18-,25?/m1/s1. The number of halogens is 6. The molecule has 0 aliphatic carbocycles. The van der Waals surface area contributed by atoms with E-state index in [9.17, 15) is 35.3 Å². The topological polar surface area (TPSA) is 118 Å². The van der Waals surface area contributed by atoms with E-state index in [-0.39, 0.29) is 5.92 Å². The third kappa shape index (κ3) is 7.43. The van der Waals surface area contributed by atoms with Crippen LogP contribution >= 0.6 is 45.5 Å². The van der Waals surface area contributed by atoms with E-state index in [4.69, 9.17) is 21.3 Å². The van der Waals surface area contributed by atoms with Crippen molar-refractivity contribution in [3.05, 3.63) is 62.2 Å². The molecule has 2 fully saturated rings. The van der Waals surface area contributed by atoms with Crippen molar-refractivity contribution in [1.29, 1.82) is 0 Å². The van der Waals surface area contributed by atoms with Gasteiger partial charge in [0, 0.05) is 35.0 Å². The van der Waals surface area contributed by atoms with Crippen molar-refractivity contribution in [2.75, 3.05) is 24.5 Å². The first-order valence-electron chi connectivity index (χ1n) is 13.0. The highest BCUT2D eigenvalue weighted by atomic mass is 127. The van der Waals surface area contributed by atoms with E-state index in [2.05, 4.69) is 27.7 Å².